The minimum atomic E-state index is -3.73. The molecule has 0 radical (unpaired) electrons. The van der Waals surface area contributed by atoms with E-state index in [9.17, 15) is 8.42 Å². The number of hydrogen-bond acceptors (Lipinski definition) is 4. The maximum absolute atomic E-state index is 12.1. The summed E-state index contributed by atoms with van der Waals surface area (Å²) in [5, 5.41) is 0.150. The summed E-state index contributed by atoms with van der Waals surface area (Å²) in [4.78, 5) is 0.176. The molecule has 1 aromatic rings. The molecule has 0 spiro atoms. The van der Waals surface area contributed by atoms with Gasteiger partial charge in [0.2, 0.25) is 0 Å². The van der Waals surface area contributed by atoms with Gasteiger partial charge in [0.25, 0.3) is 10.1 Å². The highest BCUT2D eigenvalue weighted by Gasteiger charge is 2.36. The molecule has 0 aromatic heterocycles. The zero-order valence-corrected chi connectivity index (χ0v) is 19.2. The van der Waals surface area contributed by atoms with E-state index in [1.807, 2.05) is 13.0 Å². The number of hydrogen-bond donors (Lipinski definition) is 0. The molecule has 0 aliphatic heterocycles. The Hall–Kier alpha value is -0.223. The van der Waals surface area contributed by atoms with Gasteiger partial charge in [-0.05, 0) is 65.9 Å². The zero-order chi connectivity index (χ0) is 18.6. The van der Waals surface area contributed by atoms with Crippen LogP contribution in [-0.2, 0) is 18.7 Å². The molecular weight excluding hydrogens is 455 g/mol. The highest BCUT2D eigenvalue weighted by molar-refractivity contribution is 14.1. The highest BCUT2D eigenvalue weighted by Crippen LogP contribution is 2.36. The largest absolute Gasteiger partial charge is 0.413 e. The summed E-state index contributed by atoms with van der Waals surface area (Å²) >= 11 is 2.09. The Kier molecular flexibility index (Phi) is 7.67. The Morgan fingerprint density at radius 3 is 2.25 bits per heavy atom. The molecule has 24 heavy (non-hydrogen) atoms. The second-order valence-electron chi connectivity index (χ2n) is 7.25. The average molecular weight is 482 g/mol. The SMILES string of the molecule is Cc1ccc(S(=O)(=O)OC/C(I)=C/CO[Si](C)(C)C(C)(C)C)cc1. The topological polar surface area (TPSA) is 52.6 Å². The molecule has 0 amide bonds. The van der Waals surface area contributed by atoms with Crippen LogP contribution in [0.15, 0.2) is 38.8 Å². The summed E-state index contributed by atoms with van der Waals surface area (Å²) in [6.07, 6.45) is 1.88. The Labute approximate surface area is 161 Å². The maximum Gasteiger partial charge on any atom is 0.297 e. The lowest BCUT2D eigenvalue weighted by Gasteiger charge is -2.35. The van der Waals surface area contributed by atoms with Crippen molar-refractivity contribution in [2.45, 2.75) is 50.7 Å². The fraction of sp³-hybridized carbons (Fsp3) is 0.529. The number of benzene rings is 1. The lowest BCUT2D eigenvalue weighted by molar-refractivity contribution is 0.324. The first kappa shape index (κ1) is 21.8. The van der Waals surface area contributed by atoms with Crippen molar-refractivity contribution >= 4 is 41.0 Å². The van der Waals surface area contributed by atoms with Crippen molar-refractivity contribution in [1.29, 1.82) is 0 Å². The van der Waals surface area contributed by atoms with Gasteiger partial charge in [0.05, 0.1) is 18.1 Å². The summed E-state index contributed by atoms with van der Waals surface area (Å²) < 4.78 is 36.2. The van der Waals surface area contributed by atoms with E-state index in [0.717, 1.165) is 9.14 Å². The van der Waals surface area contributed by atoms with Crippen molar-refractivity contribution in [3.05, 3.63) is 39.5 Å². The fourth-order valence-electron chi connectivity index (χ4n) is 1.52. The van der Waals surface area contributed by atoms with Crippen LogP contribution in [0.2, 0.25) is 18.1 Å². The van der Waals surface area contributed by atoms with Crippen LogP contribution < -0.4 is 0 Å². The molecule has 0 fully saturated rings. The maximum atomic E-state index is 12.1. The molecule has 0 N–H and O–H groups in total. The van der Waals surface area contributed by atoms with Crippen LogP contribution in [0.4, 0.5) is 0 Å². The van der Waals surface area contributed by atoms with E-state index in [0.29, 0.717) is 6.61 Å². The first-order valence-electron chi connectivity index (χ1n) is 7.80. The smallest absolute Gasteiger partial charge is 0.297 e. The van der Waals surface area contributed by atoms with Crippen LogP contribution in [0.1, 0.15) is 26.3 Å². The van der Waals surface area contributed by atoms with Crippen molar-refractivity contribution in [3.63, 3.8) is 0 Å². The van der Waals surface area contributed by atoms with Gasteiger partial charge < -0.3 is 4.43 Å². The van der Waals surface area contributed by atoms with Gasteiger partial charge >= 0.3 is 0 Å². The van der Waals surface area contributed by atoms with Gasteiger partial charge in [-0.3, -0.25) is 4.18 Å². The minimum absolute atomic E-state index is 0.0254. The molecule has 0 unspecified atom stereocenters. The predicted octanol–water partition coefficient (Wildman–Crippen LogP) is 5.04. The molecule has 1 rings (SSSR count). The molecule has 136 valence electrons. The molecule has 0 heterocycles. The predicted molar refractivity (Wildman–Crippen MR) is 110 cm³/mol. The van der Waals surface area contributed by atoms with Gasteiger partial charge in [-0.2, -0.15) is 8.42 Å². The van der Waals surface area contributed by atoms with Crippen molar-refractivity contribution in [2.24, 2.45) is 0 Å². The first-order chi connectivity index (χ1) is 10.8. The minimum Gasteiger partial charge on any atom is -0.413 e. The van der Waals surface area contributed by atoms with Crippen molar-refractivity contribution in [3.8, 4) is 0 Å². The fourth-order valence-corrected chi connectivity index (χ4v) is 3.89. The van der Waals surface area contributed by atoms with Gasteiger partial charge in [-0.1, -0.05) is 38.5 Å². The van der Waals surface area contributed by atoms with Crippen LogP contribution in [0.25, 0.3) is 0 Å². The summed E-state index contributed by atoms with van der Waals surface area (Å²) in [6.45, 7) is 13.3. The molecule has 0 saturated heterocycles. The van der Waals surface area contributed by atoms with Crippen LogP contribution in [0.5, 0.6) is 0 Å². The highest BCUT2D eigenvalue weighted by atomic mass is 127. The summed E-state index contributed by atoms with van der Waals surface area (Å²) in [5.74, 6) is 0. The second-order valence-corrected chi connectivity index (χ2v) is 15.1. The Balaban J connectivity index is 2.59. The third kappa shape index (κ3) is 6.59. The first-order valence-corrected chi connectivity index (χ1v) is 13.2. The summed E-state index contributed by atoms with van der Waals surface area (Å²) in [6, 6.07) is 6.62. The number of aryl methyl sites for hydroxylation is 1. The Bertz CT molecular complexity index is 674. The van der Waals surface area contributed by atoms with Crippen LogP contribution in [-0.4, -0.2) is 29.9 Å². The monoisotopic (exact) mass is 482 g/mol. The van der Waals surface area contributed by atoms with E-state index < -0.39 is 18.4 Å². The number of rotatable bonds is 7. The van der Waals surface area contributed by atoms with Crippen LogP contribution >= 0.6 is 22.6 Å². The van der Waals surface area contributed by atoms with Crippen LogP contribution in [0.3, 0.4) is 0 Å². The molecule has 1 aromatic carbocycles. The van der Waals surface area contributed by atoms with Crippen LogP contribution in [0, 0.1) is 6.92 Å². The quantitative estimate of drug-likeness (QED) is 0.311. The molecule has 0 atom stereocenters. The van der Waals surface area contributed by atoms with Gasteiger partial charge in [0.15, 0.2) is 8.32 Å². The molecule has 0 bridgehead atoms. The normalized spacial score (nSPS) is 14.0. The zero-order valence-electron chi connectivity index (χ0n) is 15.2. The Morgan fingerprint density at radius 2 is 1.75 bits per heavy atom. The lowest BCUT2D eigenvalue weighted by atomic mass is 10.2. The van der Waals surface area contributed by atoms with Gasteiger partial charge in [-0.25, -0.2) is 0 Å². The van der Waals surface area contributed by atoms with Crippen molar-refractivity contribution in [2.75, 3.05) is 13.2 Å². The third-order valence-electron chi connectivity index (χ3n) is 4.22. The molecule has 0 aliphatic carbocycles. The van der Waals surface area contributed by atoms with E-state index >= 15 is 0 Å². The molecule has 7 heteroatoms. The lowest BCUT2D eigenvalue weighted by Crippen LogP contribution is -2.40. The molecule has 4 nitrogen and oxygen atoms in total. The number of halogens is 1. The summed E-state index contributed by atoms with van der Waals surface area (Å²) in [5.41, 5.74) is 1.01. The van der Waals surface area contributed by atoms with E-state index in [1.54, 1.807) is 24.3 Å². The molecule has 0 aliphatic rings. The van der Waals surface area contributed by atoms with E-state index in [4.69, 9.17) is 8.61 Å². The Morgan fingerprint density at radius 1 is 1.21 bits per heavy atom. The van der Waals surface area contributed by atoms with Crippen molar-refractivity contribution in [1.82, 2.24) is 0 Å². The van der Waals surface area contributed by atoms with E-state index in [-0.39, 0.29) is 16.5 Å². The van der Waals surface area contributed by atoms with E-state index in [2.05, 4.69) is 56.5 Å². The van der Waals surface area contributed by atoms with E-state index in [1.165, 1.54) is 0 Å². The van der Waals surface area contributed by atoms with Gasteiger partial charge in [0.1, 0.15) is 0 Å². The third-order valence-corrected chi connectivity index (χ3v) is 10.7. The van der Waals surface area contributed by atoms with Crippen molar-refractivity contribution < 1.29 is 17.0 Å². The van der Waals surface area contributed by atoms with Gasteiger partial charge in [-0.15, -0.1) is 0 Å². The molecule has 0 saturated carbocycles. The second kappa shape index (κ2) is 8.44. The molecular formula is C17H27IO4SSi. The summed E-state index contributed by atoms with van der Waals surface area (Å²) in [7, 11) is -5.52. The van der Waals surface area contributed by atoms with Gasteiger partial charge in [0, 0.05) is 3.58 Å². The standard InChI is InChI=1S/C17H27IO4SSi/c1-14-7-9-16(10-8-14)23(19,20)21-13-15(18)11-12-22-24(5,6)17(2,3)4/h7-11H,12-13H2,1-6H3/b15-11-. The average Bonchev–Trinajstić information content (AvgIpc) is 2.44.